The third-order valence-corrected chi connectivity index (χ3v) is 8.84. The summed E-state index contributed by atoms with van der Waals surface area (Å²) < 4.78 is 34.1. The number of hydrogen-bond donors (Lipinski definition) is 1. The Morgan fingerprint density at radius 2 is 1.74 bits per heavy atom. The van der Waals surface area contributed by atoms with E-state index in [1.807, 2.05) is 20.0 Å². The van der Waals surface area contributed by atoms with Crippen LogP contribution in [-0.2, 0) is 27.7 Å². The smallest absolute Gasteiger partial charge is 0.265 e. The quantitative estimate of drug-likeness (QED) is 0.648. The Labute approximate surface area is 203 Å². The van der Waals surface area contributed by atoms with Crippen molar-refractivity contribution in [3.05, 3.63) is 53.1 Å². The van der Waals surface area contributed by atoms with E-state index in [1.54, 1.807) is 25.1 Å². The number of anilines is 1. The molecule has 1 heterocycles. The first-order valence-electron chi connectivity index (χ1n) is 12.2. The molecule has 0 spiro atoms. The van der Waals surface area contributed by atoms with Crippen molar-refractivity contribution in [2.45, 2.75) is 57.0 Å². The third kappa shape index (κ3) is 5.45. The van der Waals surface area contributed by atoms with Crippen molar-refractivity contribution in [1.29, 1.82) is 0 Å². The fourth-order valence-corrected chi connectivity index (χ4v) is 6.29. The van der Waals surface area contributed by atoms with E-state index in [0.717, 1.165) is 12.8 Å². The molecule has 1 atom stereocenters. The maximum Gasteiger partial charge on any atom is 0.265 e. The highest BCUT2D eigenvalue weighted by Gasteiger charge is 2.29. The predicted molar refractivity (Wildman–Crippen MR) is 134 cm³/mol. The highest BCUT2D eigenvalue weighted by atomic mass is 32.2. The number of carbonyl (C=O) groups excluding carboxylic acids is 1. The predicted octanol–water partition coefficient (Wildman–Crippen LogP) is 3.61. The maximum absolute atomic E-state index is 13.3. The third-order valence-electron chi connectivity index (χ3n) is 6.80. The van der Waals surface area contributed by atoms with E-state index in [4.69, 9.17) is 4.74 Å². The van der Waals surface area contributed by atoms with Crippen LogP contribution in [0.5, 0.6) is 5.75 Å². The van der Waals surface area contributed by atoms with Gasteiger partial charge in [0.2, 0.25) is 10.0 Å². The molecule has 1 aliphatic heterocycles. The summed E-state index contributed by atoms with van der Waals surface area (Å²) >= 11 is 0. The molecule has 1 saturated heterocycles. The van der Waals surface area contributed by atoms with Gasteiger partial charge in [0.05, 0.1) is 4.90 Å². The lowest BCUT2D eigenvalue weighted by Crippen LogP contribution is -2.47. The molecule has 2 aliphatic rings. The molecule has 1 fully saturated rings. The van der Waals surface area contributed by atoms with Crippen LogP contribution >= 0.6 is 0 Å². The zero-order chi connectivity index (χ0) is 24.3. The van der Waals surface area contributed by atoms with Crippen molar-refractivity contribution in [1.82, 2.24) is 9.21 Å². The summed E-state index contributed by atoms with van der Waals surface area (Å²) in [5.74, 6) is 0.414. The molecular weight excluding hydrogens is 450 g/mol. The van der Waals surface area contributed by atoms with E-state index >= 15 is 0 Å². The van der Waals surface area contributed by atoms with E-state index in [9.17, 15) is 13.2 Å². The van der Waals surface area contributed by atoms with Crippen LogP contribution in [0.3, 0.4) is 0 Å². The van der Waals surface area contributed by atoms with Gasteiger partial charge in [-0.15, -0.1) is 0 Å². The molecule has 2 aromatic carbocycles. The first-order valence-corrected chi connectivity index (χ1v) is 13.6. The fourth-order valence-electron chi connectivity index (χ4n) is 4.62. The average molecular weight is 486 g/mol. The van der Waals surface area contributed by atoms with Gasteiger partial charge in [-0.3, -0.25) is 4.79 Å². The summed E-state index contributed by atoms with van der Waals surface area (Å²) in [4.78, 5) is 15.4. The van der Waals surface area contributed by atoms with Gasteiger partial charge < -0.3 is 15.0 Å². The number of nitrogens with one attached hydrogen (secondary N) is 1. The van der Waals surface area contributed by atoms with Crippen LogP contribution < -0.4 is 10.1 Å². The number of likely N-dealkylation sites (N-methyl/N-ethyl adjacent to an activating group) is 1. The minimum Gasteiger partial charge on any atom is -0.481 e. The topological polar surface area (TPSA) is 78.9 Å². The van der Waals surface area contributed by atoms with Crippen LogP contribution in [0.4, 0.5) is 5.69 Å². The number of sulfonamides is 1. The molecule has 1 amide bonds. The molecule has 1 N–H and O–H groups in total. The first kappa shape index (κ1) is 24.7. The summed E-state index contributed by atoms with van der Waals surface area (Å²) in [5.41, 5.74) is 3.78. The summed E-state index contributed by atoms with van der Waals surface area (Å²) in [6.07, 6.45) is 4.38. The van der Waals surface area contributed by atoms with Crippen LogP contribution in [0.25, 0.3) is 0 Å². The van der Waals surface area contributed by atoms with Gasteiger partial charge in [-0.1, -0.05) is 19.1 Å². The van der Waals surface area contributed by atoms with Gasteiger partial charge in [-0.05, 0) is 87.0 Å². The van der Waals surface area contributed by atoms with E-state index in [2.05, 4.69) is 22.3 Å². The molecule has 1 unspecified atom stereocenters. The molecule has 7 nitrogen and oxygen atoms in total. The lowest BCUT2D eigenvalue weighted by atomic mass is 9.92. The number of aryl methyl sites for hydroxylation is 3. The molecular formula is C26H35N3O4S. The highest BCUT2D eigenvalue weighted by Crippen LogP contribution is 2.27. The van der Waals surface area contributed by atoms with Crippen molar-refractivity contribution < 1.29 is 17.9 Å². The molecule has 2 aromatic rings. The molecule has 34 heavy (non-hydrogen) atoms. The molecule has 184 valence electrons. The zero-order valence-electron chi connectivity index (χ0n) is 20.3. The first-order chi connectivity index (χ1) is 16.3. The van der Waals surface area contributed by atoms with E-state index in [1.165, 1.54) is 28.3 Å². The molecule has 0 bridgehead atoms. The number of ether oxygens (including phenoxy) is 1. The standard InChI is InChI=1S/C26H35N3O4S/c1-4-24(33-23-12-10-20-7-5-6-8-21(20)17-23)26(30)27-22-11-9-19(2)25(18-22)34(31,32)29-15-13-28(3)14-16-29/h9-12,17-18,24H,4-8,13-16H2,1-3H3,(H,27,30). The number of rotatable bonds is 7. The van der Waals surface area contributed by atoms with Crippen molar-refractivity contribution in [3.63, 3.8) is 0 Å². The Hall–Kier alpha value is -2.42. The molecule has 0 aromatic heterocycles. The second-order valence-electron chi connectivity index (χ2n) is 9.33. The summed E-state index contributed by atoms with van der Waals surface area (Å²) in [5, 5.41) is 2.87. The number of carbonyl (C=O) groups is 1. The van der Waals surface area contributed by atoms with Crippen LogP contribution in [0, 0.1) is 6.92 Å². The van der Waals surface area contributed by atoms with E-state index in [0.29, 0.717) is 49.6 Å². The lowest BCUT2D eigenvalue weighted by molar-refractivity contribution is -0.122. The van der Waals surface area contributed by atoms with Crippen molar-refractivity contribution in [2.24, 2.45) is 0 Å². The van der Waals surface area contributed by atoms with Crippen LogP contribution in [0.15, 0.2) is 41.3 Å². The van der Waals surface area contributed by atoms with Gasteiger partial charge in [0.1, 0.15) is 5.75 Å². The highest BCUT2D eigenvalue weighted by molar-refractivity contribution is 7.89. The molecule has 4 rings (SSSR count). The number of piperazine rings is 1. The Morgan fingerprint density at radius 3 is 2.44 bits per heavy atom. The largest absolute Gasteiger partial charge is 0.481 e. The van der Waals surface area contributed by atoms with Crippen molar-refractivity contribution in [3.8, 4) is 5.75 Å². The number of hydrogen-bond acceptors (Lipinski definition) is 5. The second kappa shape index (κ2) is 10.5. The van der Waals surface area contributed by atoms with Gasteiger partial charge in [0.15, 0.2) is 6.10 Å². The Bertz CT molecular complexity index is 1140. The maximum atomic E-state index is 13.3. The van der Waals surface area contributed by atoms with Crippen LogP contribution in [0.1, 0.15) is 42.9 Å². The Morgan fingerprint density at radius 1 is 1.03 bits per heavy atom. The number of benzene rings is 2. The molecule has 0 radical (unpaired) electrons. The van der Waals surface area contributed by atoms with Gasteiger partial charge >= 0.3 is 0 Å². The number of nitrogens with zero attached hydrogens (tertiary/aromatic N) is 2. The van der Waals surface area contributed by atoms with Gasteiger partial charge in [-0.25, -0.2) is 8.42 Å². The average Bonchev–Trinajstić information content (AvgIpc) is 2.83. The minimum absolute atomic E-state index is 0.235. The Balaban J connectivity index is 1.48. The number of fused-ring (bicyclic) bond motifs is 1. The normalized spacial score (nSPS) is 18.2. The second-order valence-corrected chi connectivity index (χ2v) is 11.2. The van der Waals surface area contributed by atoms with E-state index < -0.39 is 16.1 Å². The van der Waals surface area contributed by atoms with Crippen molar-refractivity contribution >= 4 is 21.6 Å². The van der Waals surface area contributed by atoms with E-state index in [-0.39, 0.29) is 10.8 Å². The molecule has 1 aliphatic carbocycles. The molecule has 0 saturated carbocycles. The van der Waals surface area contributed by atoms with Crippen molar-refractivity contribution in [2.75, 3.05) is 38.5 Å². The monoisotopic (exact) mass is 485 g/mol. The van der Waals surface area contributed by atoms with Crippen LogP contribution in [0.2, 0.25) is 0 Å². The molecule has 8 heteroatoms. The Kier molecular flexibility index (Phi) is 7.60. The zero-order valence-corrected chi connectivity index (χ0v) is 21.2. The van der Waals surface area contributed by atoms with Gasteiger partial charge in [-0.2, -0.15) is 4.31 Å². The van der Waals surface area contributed by atoms with Gasteiger partial charge in [0, 0.05) is 31.9 Å². The summed E-state index contributed by atoms with van der Waals surface area (Å²) in [7, 11) is -1.65. The summed E-state index contributed by atoms with van der Waals surface area (Å²) in [6.45, 7) is 6.01. The minimum atomic E-state index is -3.63. The lowest BCUT2D eigenvalue weighted by Gasteiger charge is -2.32. The fraction of sp³-hybridized carbons (Fsp3) is 0.500. The summed E-state index contributed by atoms with van der Waals surface area (Å²) in [6, 6.07) is 11.1. The van der Waals surface area contributed by atoms with Gasteiger partial charge in [0.25, 0.3) is 5.91 Å². The SMILES string of the molecule is CCC(Oc1ccc2c(c1)CCCC2)C(=O)Nc1ccc(C)c(S(=O)(=O)N2CCN(C)CC2)c1. The number of amides is 1. The van der Waals surface area contributed by atoms with Crippen LogP contribution in [-0.4, -0.2) is 62.9 Å².